The van der Waals surface area contributed by atoms with Crippen molar-refractivity contribution < 1.29 is 4.79 Å². The zero-order valence-electron chi connectivity index (χ0n) is 11.0. The van der Waals surface area contributed by atoms with E-state index in [-0.39, 0.29) is 5.78 Å². The number of anilines is 1. The summed E-state index contributed by atoms with van der Waals surface area (Å²) in [6.45, 7) is 4.67. The second kappa shape index (κ2) is 5.57. The maximum atomic E-state index is 12.3. The van der Waals surface area contributed by atoms with Gasteiger partial charge in [0.15, 0.2) is 5.78 Å². The van der Waals surface area contributed by atoms with Gasteiger partial charge in [0.05, 0.1) is 22.3 Å². The fourth-order valence-corrected chi connectivity index (χ4v) is 2.43. The lowest BCUT2D eigenvalue weighted by Crippen LogP contribution is -2.10. The number of ketones is 1. The first-order valence-corrected chi connectivity index (χ1v) is 6.92. The number of halogens is 1. The Morgan fingerprint density at radius 3 is 2.84 bits per heavy atom. The second-order valence-electron chi connectivity index (χ2n) is 4.39. The topological polar surface area (TPSA) is 60.9 Å². The zero-order valence-corrected chi connectivity index (χ0v) is 12.6. The number of aryl methyl sites for hydroxylation is 2. The molecule has 1 aromatic carbocycles. The van der Waals surface area contributed by atoms with Crippen LogP contribution in [0.2, 0.25) is 0 Å². The van der Waals surface area contributed by atoms with Crippen molar-refractivity contribution in [3.63, 3.8) is 0 Å². The molecular formula is C14H16BrN3O. The lowest BCUT2D eigenvalue weighted by molar-refractivity contribution is 0.0990. The minimum absolute atomic E-state index is 0.0441. The number of nitrogens with two attached hydrogens (primary N) is 1. The van der Waals surface area contributed by atoms with Crippen molar-refractivity contribution in [2.75, 3.05) is 5.73 Å². The molecule has 0 aliphatic carbocycles. The van der Waals surface area contributed by atoms with Crippen molar-refractivity contribution in [3.8, 4) is 0 Å². The molecule has 2 aromatic rings. The van der Waals surface area contributed by atoms with Crippen LogP contribution in [0, 0.1) is 6.92 Å². The maximum absolute atomic E-state index is 12.3. The molecule has 0 saturated heterocycles. The van der Waals surface area contributed by atoms with Gasteiger partial charge < -0.3 is 5.73 Å². The van der Waals surface area contributed by atoms with E-state index in [1.54, 1.807) is 24.3 Å². The van der Waals surface area contributed by atoms with Gasteiger partial charge >= 0.3 is 0 Å². The fraction of sp³-hybridized carbons (Fsp3) is 0.286. The Morgan fingerprint density at radius 2 is 2.21 bits per heavy atom. The summed E-state index contributed by atoms with van der Waals surface area (Å²) in [4.78, 5) is 12.3. The smallest absolute Gasteiger partial charge is 0.168 e. The summed E-state index contributed by atoms with van der Waals surface area (Å²) in [5.41, 5.74) is 8.75. The Morgan fingerprint density at radius 1 is 1.47 bits per heavy atom. The number of benzene rings is 1. The van der Waals surface area contributed by atoms with E-state index in [1.165, 1.54) is 0 Å². The first-order chi connectivity index (χ1) is 9.02. The van der Waals surface area contributed by atoms with E-state index in [9.17, 15) is 4.79 Å². The summed E-state index contributed by atoms with van der Waals surface area (Å²) >= 11 is 3.50. The first-order valence-electron chi connectivity index (χ1n) is 6.13. The van der Waals surface area contributed by atoms with Crippen LogP contribution in [0.1, 0.15) is 28.7 Å². The van der Waals surface area contributed by atoms with Gasteiger partial charge in [-0.1, -0.05) is 12.1 Å². The molecule has 0 atom stereocenters. The Kier molecular flexibility index (Phi) is 4.04. The molecular weight excluding hydrogens is 306 g/mol. The molecule has 0 aliphatic heterocycles. The lowest BCUT2D eigenvalue weighted by atomic mass is 10.1. The molecule has 0 radical (unpaired) electrons. The van der Waals surface area contributed by atoms with Crippen LogP contribution < -0.4 is 5.73 Å². The summed E-state index contributed by atoms with van der Waals surface area (Å²) < 4.78 is 2.76. The number of hydrogen-bond acceptors (Lipinski definition) is 3. The second-order valence-corrected chi connectivity index (χ2v) is 5.18. The largest absolute Gasteiger partial charge is 0.399 e. The SMILES string of the molecule is CCn1nc(C)c(Br)c1CC(=O)c1cccc(N)c1. The standard InChI is InChI=1S/C14H16BrN3O/c1-3-18-12(14(15)9(2)17-18)8-13(19)10-5-4-6-11(16)7-10/h4-7H,3,8,16H2,1-2H3. The Balaban J connectivity index is 2.29. The van der Waals surface area contributed by atoms with Gasteiger partial charge in [-0.3, -0.25) is 9.48 Å². The van der Waals surface area contributed by atoms with Crippen LogP contribution in [-0.2, 0) is 13.0 Å². The van der Waals surface area contributed by atoms with Crippen molar-refractivity contribution in [1.29, 1.82) is 0 Å². The van der Waals surface area contributed by atoms with Gasteiger partial charge in [0.2, 0.25) is 0 Å². The molecule has 5 heteroatoms. The molecule has 2 rings (SSSR count). The van der Waals surface area contributed by atoms with E-state index >= 15 is 0 Å². The third-order valence-corrected chi connectivity index (χ3v) is 4.02. The zero-order chi connectivity index (χ0) is 14.0. The molecule has 0 spiro atoms. The number of Topliss-reactive ketones (excluding diaryl/α,β-unsaturated/α-hetero) is 1. The number of aromatic nitrogens is 2. The Hall–Kier alpha value is -1.62. The Labute approximate surface area is 120 Å². The van der Waals surface area contributed by atoms with E-state index in [2.05, 4.69) is 21.0 Å². The average molecular weight is 322 g/mol. The number of carbonyl (C=O) groups is 1. The van der Waals surface area contributed by atoms with Crippen molar-refractivity contribution in [2.24, 2.45) is 0 Å². The number of rotatable bonds is 4. The summed E-state index contributed by atoms with van der Waals surface area (Å²) in [7, 11) is 0. The van der Waals surface area contributed by atoms with Crippen LogP contribution in [-0.4, -0.2) is 15.6 Å². The average Bonchev–Trinajstić information content (AvgIpc) is 2.66. The van der Waals surface area contributed by atoms with Gasteiger partial charge in [0.25, 0.3) is 0 Å². The molecule has 1 aromatic heterocycles. The molecule has 19 heavy (non-hydrogen) atoms. The normalized spacial score (nSPS) is 10.7. The van der Waals surface area contributed by atoms with Gasteiger partial charge in [-0.2, -0.15) is 5.10 Å². The quantitative estimate of drug-likeness (QED) is 0.695. The van der Waals surface area contributed by atoms with Gasteiger partial charge in [-0.15, -0.1) is 0 Å². The number of hydrogen-bond donors (Lipinski definition) is 1. The summed E-state index contributed by atoms with van der Waals surface area (Å²) in [5.74, 6) is 0.0441. The van der Waals surface area contributed by atoms with Gasteiger partial charge in [-0.25, -0.2) is 0 Å². The van der Waals surface area contributed by atoms with Gasteiger partial charge in [-0.05, 0) is 41.9 Å². The number of nitrogens with zero attached hydrogens (tertiary/aromatic N) is 2. The van der Waals surface area contributed by atoms with Crippen LogP contribution >= 0.6 is 15.9 Å². The minimum atomic E-state index is 0.0441. The molecule has 2 N–H and O–H groups in total. The number of carbonyl (C=O) groups excluding carboxylic acids is 1. The van der Waals surface area contributed by atoms with Crippen LogP contribution in [0.3, 0.4) is 0 Å². The third kappa shape index (κ3) is 2.87. The van der Waals surface area contributed by atoms with E-state index in [0.29, 0.717) is 17.7 Å². The predicted molar refractivity (Wildman–Crippen MR) is 79.2 cm³/mol. The summed E-state index contributed by atoms with van der Waals surface area (Å²) in [5, 5.41) is 4.39. The molecule has 0 unspecified atom stereocenters. The highest BCUT2D eigenvalue weighted by Gasteiger charge is 2.16. The van der Waals surface area contributed by atoms with Crippen LogP contribution in [0.5, 0.6) is 0 Å². The van der Waals surface area contributed by atoms with E-state index < -0.39 is 0 Å². The fourth-order valence-electron chi connectivity index (χ4n) is 2.00. The van der Waals surface area contributed by atoms with Gasteiger partial charge in [0.1, 0.15) is 0 Å². The third-order valence-electron chi connectivity index (χ3n) is 2.99. The molecule has 0 amide bonds. The van der Waals surface area contributed by atoms with E-state index in [4.69, 9.17) is 5.73 Å². The predicted octanol–water partition coefficient (Wildman–Crippen LogP) is 2.98. The van der Waals surface area contributed by atoms with Crippen LogP contribution in [0.25, 0.3) is 0 Å². The summed E-state index contributed by atoms with van der Waals surface area (Å²) in [6, 6.07) is 7.05. The summed E-state index contributed by atoms with van der Waals surface area (Å²) in [6.07, 6.45) is 0.318. The minimum Gasteiger partial charge on any atom is -0.399 e. The van der Waals surface area contributed by atoms with E-state index in [1.807, 2.05) is 18.5 Å². The highest BCUT2D eigenvalue weighted by atomic mass is 79.9. The van der Waals surface area contributed by atoms with Crippen molar-refractivity contribution in [2.45, 2.75) is 26.8 Å². The van der Waals surface area contributed by atoms with Crippen molar-refractivity contribution in [1.82, 2.24) is 9.78 Å². The molecule has 4 nitrogen and oxygen atoms in total. The van der Waals surface area contributed by atoms with Crippen molar-refractivity contribution >= 4 is 27.4 Å². The molecule has 0 fully saturated rings. The maximum Gasteiger partial charge on any atom is 0.168 e. The first kappa shape index (κ1) is 13.8. The molecule has 0 bridgehead atoms. The highest BCUT2D eigenvalue weighted by Crippen LogP contribution is 2.23. The molecule has 0 aliphatic rings. The Bertz CT molecular complexity index is 619. The van der Waals surface area contributed by atoms with Crippen LogP contribution in [0.4, 0.5) is 5.69 Å². The lowest BCUT2D eigenvalue weighted by Gasteiger charge is -2.05. The van der Waals surface area contributed by atoms with E-state index in [0.717, 1.165) is 22.4 Å². The van der Waals surface area contributed by atoms with Crippen LogP contribution in [0.15, 0.2) is 28.7 Å². The monoisotopic (exact) mass is 321 g/mol. The molecule has 1 heterocycles. The molecule has 0 saturated carbocycles. The molecule has 100 valence electrons. The van der Waals surface area contributed by atoms with Gasteiger partial charge in [0, 0.05) is 17.8 Å². The number of nitrogen functional groups attached to an aromatic ring is 1. The van der Waals surface area contributed by atoms with Crippen molar-refractivity contribution in [3.05, 3.63) is 45.7 Å². The highest BCUT2D eigenvalue weighted by molar-refractivity contribution is 9.10.